The van der Waals surface area contributed by atoms with Crippen molar-refractivity contribution in [2.45, 2.75) is 74.4 Å². The van der Waals surface area contributed by atoms with Gasteiger partial charge >= 0.3 is 6.09 Å². The number of thioether (sulfide) groups is 1. The van der Waals surface area contributed by atoms with E-state index in [1.165, 1.54) is 17.3 Å². The number of allylic oxidation sites excluding steroid dienone is 1. The molecule has 0 aromatic heterocycles. The molecule has 1 spiro atoms. The fourth-order valence-corrected chi connectivity index (χ4v) is 5.54. The minimum Gasteiger partial charge on any atom is -0.443 e. The lowest BCUT2D eigenvalue weighted by Gasteiger charge is -2.40. The molecule has 2 amide bonds. The summed E-state index contributed by atoms with van der Waals surface area (Å²) in [5, 5.41) is 13.4. The number of ether oxygens (including phenoxy) is 3. The third-order valence-electron chi connectivity index (χ3n) is 6.74. The van der Waals surface area contributed by atoms with Crippen LogP contribution < -0.4 is 11.1 Å². The fourth-order valence-electron chi connectivity index (χ4n) is 4.85. The van der Waals surface area contributed by atoms with E-state index in [1.807, 2.05) is 32.9 Å². The first-order chi connectivity index (χ1) is 15.6. The smallest absolute Gasteiger partial charge is 0.414 e. The molecule has 6 atom stereocenters. The first-order valence-electron chi connectivity index (χ1n) is 11.2. The number of alkyl carbamates (subject to hydrolysis) is 1. The van der Waals surface area contributed by atoms with Gasteiger partial charge in [-0.2, -0.15) is 0 Å². The Hall–Kier alpha value is -2.07. The number of nitrogens with two attached hydrogens (primary N) is 1. The predicted molar refractivity (Wildman–Crippen MR) is 125 cm³/mol. The fraction of sp³-hybridized carbons (Fsp3) is 0.583. The summed E-state index contributed by atoms with van der Waals surface area (Å²) < 4.78 is 17.3. The molecule has 9 heteroatoms. The SMILES string of the molecule is CC(C)=CC[C@H]1OC1(C)[C@H]1[C@H](O)[C@H](OC(=O)NC(=O)CSc2ccc(N)cc2)CC[C@]12CO2. The summed E-state index contributed by atoms with van der Waals surface area (Å²) in [6, 6.07) is 7.12. The lowest BCUT2D eigenvalue weighted by Crippen LogP contribution is -2.55. The van der Waals surface area contributed by atoms with E-state index >= 15 is 0 Å². The van der Waals surface area contributed by atoms with Gasteiger partial charge < -0.3 is 25.1 Å². The number of carbonyl (C=O) groups is 2. The standard InChI is InChI=1S/C24H32N2O6S/c1-14(2)4-9-18-23(3,32-18)21-20(28)17(10-11-24(21)13-30-24)31-22(29)26-19(27)12-33-16-7-5-15(25)6-8-16/h4-8,17-18,20-21,28H,9-13,25H2,1-3H3,(H,26,27,29)/t17-,18-,20-,21-,23?,24+/m1/s1. The molecular formula is C24H32N2O6S. The average molecular weight is 477 g/mol. The summed E-state index contributed by atoms with van der Waals surface area (Å²) in [7, 11) is 0. The highest BCUT2D eigenvalue weighted by atomic mass is 32.2. The molecule has 4 rings (SSSR count). The second-order valence-electron chi connectivity index (χ2n) is 9.52. The van der Waals surface area contributed by atoms with Crippen LogP contribution in [0, 0.1) is 5.92 Å². The summed E-state index contributed by atoms with van der Waals surface area (Å²) in [5.41, 5.74) is 6.56. The van der Waals surface area contributed by atoms with Crippen LogP contribution in [0.5, 0.6) is 0 Å². The molecule has 0 radical (unpaired) electrons. The number of rotatable bonds is 7. The van der Waals surface area contributed by atoms with E-state index in [4.69, 9.17) is 19.9 Å². The van der Waals surface area contributed by atoms with Crippen LogP contribution in [0.4, 0.5) is 10.5 Å². The van der Waals surface area contributed by atoms with Crippen LogP contribution in [0.25, 0.3) is 0 Å². The van der Waals surface area contributed by atoms with Crippen molar-refractivity contribution in [1.82, 2.24) is 5.32 Å². The van der Waals surface area contributed by atoms with Gasteiger partial charge in [0.2, 0.25) is 5.91 Å². The second-order valence-corrected chi connectivity index (χ2v) is 10.6. The zero-order valence-corrected chi connectivity index (χ0v) is 20.0. The molecule has 1 aromatic carbocycles. The normalized spacial score (nSPS) is 34.4. The van der Waals surface area contributed by atoms with Crippen molar-refractivity contribution >= 4 is 29.4 Å². The first kappa shape index (κ1) is 24.1. The molecule has 2 aliphatic heterocycles. The van der Waals surface area contributed by atoms with E-state index in [1.54, 1.807) is 12.1 Å². The Balaban J connectivity index is 1.31. The van der Waals surface area contributed by atoms with Crippen LogP contribution in [0.15, 0.2) is 40.8 Å². The maximum absolute atomic E-state index is 12.4. The van der Waals surface area contributed by atoms with E-state index in [9.17, 15) is 14.7 Å². The number of aliphatic hydroxyl groups excluding tert-OH is 1. The molecule has 4 N–H and O–H groups in total. The summed E-state index contributed by atoms with van der Waals surface area (Å²) in [6.07, 6.45) is 1.51. The molecule has 180 valence electrons. The highest BCUT2D eigenvalue weighted by Crippen LogP contribution is 2.59. The second kappa shape index (κ2) is 9.29. The van der Waals surface area contributed by atoms with E-state index in [-0.39, 0.29) is 17.8 Å². The molecule has 8 nitrogen and oxygen atoms in total. The number of anilines is 1. The molecule has 2 saturated heterocycles. The van der Waals surface area contributed by atoms with Gasteiger partial charge in [0.1, 0.15) is 17.3 Å². The number of imide groups is 1. The number of hydrogen-bond acceptors (Lipinski definition) is 8. The number of aliphatic hydroxyl groups is 1. The number of amides is 2. The Labute approximate surface area is 198 Å². The van der Waals surface area contributed by atoms with E-state index < -0.39 is 35.4 Å². The minimum atomic E-state index is -0.937. The van der Waals surface area contributed by atoms with Crippen LogP contribution in [0.2, 0.25) is 0 Å². The largest absolute Gasteiger partial charge is 0.443 e. The first-order valence-corrected chi connectivity index (χ1v) is 12.2. The van der Waals surface area contributed by atoms with Gasteiger partial charge in [-0.25, -0.2) is 4.79 Å². The zero-order chi connectivity index (χ0) is 23.8. The van der Waals surface area contributed by atoms with Crippen LogP contribution in [0.3, 0.4) is 0 Å². The van der Waals surface area contributed by atoms with Gasteiger partial charge in [0.15, 0.2) is 0 Å². The number of benzene rings is 1. The van der Waals surface area contributed by atoms with Crippen molar-refractivity contribution < 1.29 is 28.9 Å². The molecule has 1 saturated carbocycles. The minimum absolute atomic E-state index is 0.00681. The Kier molecular flexibility index (Phi) is 6.77. The van der Waals surface area contributed by atoms with Crippen molar-refractivity contribution in [3.8, 4) is 0 Å². The maximum atomic E-state index is 12.4. The maximum Gasteiger partial charge on any atom is 0.414 e. The van der Waals surface area contributed by atoms with Crippen molar-refractivity contribution in [3.05, 3.63) is 35.9 Å². The van der Waals surface area contributed by atoms with Gasteiger partial charge in [-0.3, -0.25) is 10.1 Å². The monoisotopic (exact) mass is 476 g/mol. The quantitative estimate of drug-likeness (QED) is 0.237. The molecule has 3 aliphatic rings. The average Bonchev–Trinajstić information content (AvgIpc) is 3.66. The lowest BCUT2D eigenvalue weighted by molar-refractivity contribution is -0.120. The molecule has 1 aliphatic carbocycles. The van der Waals surface area contributed by atoms with Gasteiger partial charge in [-0.15, -0.1) is 11.8 Å². The highest BCUT2D eigenvalue weighted by Gasteiger charge is 2.71. The van der Waals surface area contributed by atoms with Crippen LogP contribution in [-0.4, -0.2) is 59.0 Å². The Morgan fingerprint density at radius 1 is 1.33 bits per heavy atom. The van der Waals surface area contributed by atoms with Gasteiger partial charge in [-0.05, 0) is 64.3 Å². The Morgan fingerprint density at radius 3 is 2.67 bits per heavy atom. The molecule has 1 aromatic rings. The summed E-state index contributed by atoms with van der Waals surface area (Å²) in [6.45, 7) is 6.65. The van der Waals surface area contributed by atoms with E-state index in [2.05, 4.69) is 11.4 Å². The molecule has 3 fully saturated rings. The molecule has 1 unspecified atom stereocenters. The lowest BCUT2D eigenvalue weighted by atomic mass is 9.68. The van der Waals surface area contributed by atoms with Gasteiger partial charge in [0, 0.05) is 10.6 Å². The molecule has 0 bridgehead atoms. The van der Waals surface area contributed by atoms with Gasteiger partial charge in [-0.1, -0.05) is 11.6 Å². The van der Waals surface area contributed by atoms with Crippen LogP contribution in [0.1, 0.15) is 40.0 Å². The Morgan fingerprint density at radius 2 is 2.03 bits per heavy atom. The number of hydrogen-bond donors (Lipinski definition) is 3. The van der Waals surface area contributed by atoms with Gasteiger partial charge in [0.05, 0.1) is 30.5 Å². The molecule has 33 heavy (non-hydrogen) atoms. The van der Waals surface area contributed by atoms with Crippen molar-refractivity contribution in [1.29, 1.82) is 0 Å². The van der Waals surface area contributed by atoms with Crippen LogP contribution in [-0.2, 0) is 19.0 Å². The summed E-state index contributed by atoms with van der Waals surface area (Å²) >= 11 is 1.29. The zero-order valence-electron chi connectivity index (χ0n) is 19.2. The number of carbonyl (C=O) groups excluding carboxylic acids is 2. The third-order valence-corrected chi connectivity index (χ3v) is 7.75. The van der Waals surface area contributed by atoms with Crippen LogP contribution >= 0.6 is 11.8 Å². The highest BCUT2D eigenvalue weighted by molar-refractivity contribution is 8.00. The van der Waals surface area contributed by atoms with Gasteiger partial charge in [0.25, 0.3) is 0 Å². The van der Waals surface area contributed by atoms with Crippen molar-refractivity contribution in [2.24, 2.45) is 5.92 Å². The number of nitrogens with one attached hydrogen (secondary N) is 1. The summed E-state index contributed by atoms with van der Waals surface area (Å²) in [5.74, 6) is -0.710. The predicted octanol–water partition coefficient (Wildman–Crippen LogP) is 3.04. The number of epoxide rings is 2. The topological polar surface area (TPSA) is 127 Å². The Bertz CT molecular complexity index is 927. The summed E-state index contributed by atoms with van der Waals surface area (Å²) in [4.78, 5) is 25.4. The van der Waals surface area contributed by atoms with E-state index in [0.29, 0.717) is 25.1 Å². The van der Waals surface area contributed by atoms with Crippen molar-refractivity contribution in [2.75, 3.05) is 18.1 Å². The third kappa shape index (κ3) is 5.37. The van der Waals surface area contributed by atoms with Crippen molar-refractivity contribution in [3.63, 3.8) is 0 Å². The van der Waals surface area contributed by atoms with E-state index in [0.717, 1.165) is 11.3 Å². The molecular weight excluding hydrogens is 444 g/mol. The number of nitrogen functional groups attached to an aromatic ring is 1. The molecule has 2 heterocycles.